The van der Waals surface area contributed by atoms with E-state index in [-0.39, 0.29) is 17.8 Å². The lowest BCUT2D eigenvalue weighted by Gasteiger charge is -2.10. The van der Waals surface area contributed by atoms with Crippen molar-refractivity contribution >= 4 is 17.6 Å². The third kappa shape index (κ3) is 4.51. The minimum atomic E-state index is -0.644. The number of hydrogen-bond donors (Lipinski definition) is 2. The van der Waals surface area contributed by atoms with Crippen LogP contribution in [-0.2, 0) is 9.53 Å². The van der Waals surface area contributed by atoms with Gasteiger partial charge >= 0.3 is 5.97 Å². The van der Waals surface area contributed by atoms with E-state index in [0.29, 0.717) is 6.54 Å². The number of nitrogens with one attached hydrogen (secondary N) is 2. The molecule has 0 saturated carbocycles. The lowest BCUT2D eigenvalue weighted by Crippen LogP contribution is -2.28. The molecular weight excluding hydrogens is 251 g/mol. The van der Waals surface area contributed by atoms with E-state index in [4.69, 9.17) is 0 Å². The Bertz CT molecular complexity index is 489. The molecule has 0 radical (unpaired) electrons. The van der Waals surface area contributed by atoms with Crippen molar-refractivity contribution in [2.24, 2.45) is 0 Å². The zero-order chi connectivity index (χ0) is 14.3. The minimum Gasteiger partial charge on any atom is -0.465 e. The van der Waals surface area contributed by atoms with Crippen molar-refractivity contribution < 1.29 is 18.7 Å². The molecule has 0 spiro atoms. The van der Waals surface area contributed by atoms with Crippen LogP contribution in [0.25, 0.3) is 0 Å². The Labute approximate surface area is 110 Å². The second-order valence-corrected chi connectivity index (χ2v) is 3.65. The first-order valence-corrected chi connectivity index (χ1v) is 5.57. The highest BCUT2D eigenvalue weighted by molar-refractivity contribution is 6.01. The maximum atomic E-state index is 13.1. The summed E-state index contributed by atoms with van der Waals surface area (Å²) >= 11 is 0. The number of amides is 1. The molecule has 0 bridgehead atoms. The van der Waals surface area contributed by atoms with Crippen molar-refractivity contribution in [2.45, 2.75) is 0 Å². The average molecular weight is 266 g/mol. The Kier molecular flexibility index (Phi) is 5.69. The number of carbonyl (C=O) groups is 2. The highest BCUT2D eigenvalue weighted by Gasteiger charge is 2.14. The maximum absolute atomic E-state index is 13.1. The Morgan fingerprint density at radius 3 is 2.84 bits per heavy atom. The molecule has 0 heterocycles. The van der Waals surface area contributed by atoms with Crippen LogP contribution in [0.1, 0.15) is 10.4 Å². The smallest absolute Gasteiger partial charge is 0.339 e. The Morgan fingerprint density at radius 2 is 2.21 bits per heavy atom. The number of ether oxygens (including phenoxy) is 1. The number of carbonyl (C=O) groups excluding carboxylic acids is 2. The second kappa shape index (κ2) is 7.27. The fourth-order valence-corrected chi connectivity index (χ4v) is 1.39. The van der Waals surface area contributed by atoms with Crippen LogP contribution in [-0.4, -0.2) is 32.1 Å². The largest absolute Gasteiger partial charge is 0.465 e. The van der Waals surface area contributed by atoms with Gasteiger partial charge in [-0.05, 0) is 18.2 Å². The van der Waals surface area contributed by atoms with Crippen LogP contribution >= 0.6 is 0 Å². The predicted octanol–water partition coefficient (Wildman–Crippen LogP) is 1.33. The molecule has 6 heteroatoms. The van der Waals surface area contributed by atoms with E-state index in [0.717, 1.165) is 12.1 Å². The molecule has 1 rings (SSSR count). The molecule has 2 N–H and O–H groups in total. The van der Waals surface area contributed by atoms with Crippen molar-refractivity contribution in [2.75, 3.05) is 25.5 Å². The van der Waals surface area contributed by atoms with Crippen LogP contribution in [0.3, 0.4) is 0 Å². The topological polar surface area (TPSA) is 67.4 Å². The van der Waals surface area contributed by atoms with E-state index in [9.17, 15) is 14.0 Å². The quantitative estimate of drug-likeness (QED) is 0.463. The Morgan fingerprint density at radius 1 is 1.47 bits per heavy atom. The number of benzene rings is 1. The fourth-order valence-electron chi connectivity index (χ4n) is 1.39. The normalized spacial score (nSPS) is 9.79. The number of anilines is 1. The van der Waals surface area contributed by atoms with Crippen molar-refractivity contribution in [1.29, 1.82) is 0 Å². The van der Waals surface area contributed by atoms with Crippen molar-refractivity contribution in [3.05, 3.63) is 42.2 Å². The highest BCUT2D eigenvalue weighted by atomic mass is 19.1. The van der Waals surface area contributed by atoms with E-state index < -0.39 is 17.7 Å². The van der Waals surface area contributed by atoms with Gasteiger partial charge in [-0.15, -0.1) is 6.58 Å². The van der Waals surface area contributed by atoms with Gasteiger partial charge in [0.05, 0.1) is 24.9 Å². The molecule has 19 heavy (non-hydrogen) atoms. The molecule has 102 valence electrons. The van der Waals surface area contributed by atoms with Crippen LogP contribution in [0.2, 0.25) is 0 Å². The van der Waals surface area contributed by atoms with Gasteiger partial charge in [-0.3, -0.25) is 4.79 Å². The molecule has 1 amide bonds. The van der Waals surface area contributed by atoms with Gasteiger partial charge in [0.15, 0.2) is 0 Å². The van der Waals surface area contributed by atoms with E-state index >= 15 is 0 Å². The van der Waals surface area contributed by atoms with Crippen LogP contribution in [0, 0.1) is 5.82 Å². The Hall–Kier alpha value is -2.21. The standard InChI is InChI=1S/C13H15FN2O3/c1-3-6-15-8-12(17)16-11-7-9(14)4-5-10(11)13(18)19-2/h3-5,7,15H,1,6,8H2,2H3,(H,16,17). The molecule has 0 aliphatic carbocycles. The molecular formula is C13H15FN2O3. The molecule has 0 saturated heterocycles. The van der Waals surface area contributed by atoms with E-state index in [1.165, 1.54) is 13.2 Å². The Balaban J connectivity index is 2.80. The van der Waals surface area contributed by atoms with E-state index in [1.807, 2.05) is 0 Å². The van der Waals surface area contributed by atoms with Gasteiger partial charge in [0.1, 0.15) is 5.82 Å². The minimum absolute atomic E-state index is 0.0309. The van der Waals surface area contributed by atoms with Crippen LogP contribution in [0.5, 0.6) is 0 Å². The van der Waals surface area contributed by atoms with Gasteiger partial charge in [-0.25, -0.2) is 9.18 Å². The summed E-state index contributed by atoms with van der Waals surface area (Å²) in [6.07, 6.45) is 1.61. The number of halogens is 1. The zero-order valence-electron chi connectivity index (χ0n) is 10.5. The summed E-state index contributed by atoms with van der Waals surface area (Å²) < 4.78 is 17.7. The summed E-state index contributed by atoms with van der Waals surface area (Å²) in [6, 6.07) is 3.45. The van der Waals surface area contributed by atoms with Crippen molar-refractivity contribution in [1.82, 2.24) is 5.32 Å². The first kappa shape index (κ1) is 14.8. The maximum Gasteiger partial charge on any atom is 0.339 e. The predicted molar refractivity (Wildman–Crippen MR) is 69.4 cm³/mol. The summed E-state index contributed by atoms with van der Waals surface area (Å²) in [4.78, 5) is 23.0. The van der Waals surface area contributed by atoms with Gasteiger partial charge in [0, 0.05) is 6.54 Å². The monoisotopic (exact) mass is 266 g/mol. The van der Waals surface area contributed by atoms with E-state index in [2.05, 4.69) is 21.9 Å². The SMILES string of the molecule is C=CCNCC(=O)Nc1cc(F)ccc1C(=O)OC. The molecule has 5 nitrogen and oxygen atoms in total. The summed E-state index contributed by atoms with van der Waals surface area (Å²) in [5.41, 5.74) is 0.179. The molecule has 0 aliphatic rings. The number of methoxy groups -OCH3 is 1. The first-order valence-electron chi connectivity index (χ1n) is 5.57. The third-order valence-electron chi connectivity index (χ3n) is 2.24. The van der Waals surface area contributed by atoms with Gasteiger partial charge in [-0.1, -0.05) is 6.08 Å². The average Bonchev–Trinajstić information content (AvgIpc) is 2.38. The molecule has 0 fully saturated rings. The van der Waals surface area contributed by atoms with Crippen molar-refractivity contribution in [3.8, 4) is 0 Å². The number of rotatable bonds is 6. The summed E-state index contributed by atoms with van der Waals surface area (Å²) in [5, 5.41) is 5.24. The molecule has 0 atom stereocenters. The number of esters is 1. The zero-order valence-corrected chi connectivity index (χ0v) is 10.5. The fraction of sp³-hybridized carbons (Fsp3) is 0.231. The number of hydrogen-bond acceptors (Lipinski definition) is 4. The van der Waals surface area contributed by atoms with Crippen molar-refractivity contribution in [3.63, 3.8) is 0 Å². The van der Waals surface area contributed by atoms with Crippen LogP contribution in [0.4, 0.5) is 10.1 Å². The third-order valence-corrected chi connectivity index (χ3v) is 2.24. The summed E-state index contributed by atoms with van der Waals surface area (Å²) in [6.45, 7) is 4.00. The molecule has 0 aliphatic heterocycles. The van der Waals surface area contributed by atoms with Crippen LogP contribution < -0.4 is 10.6 Å². The molecule has 1 aromatic carbocycles. The molecule has 1 aromatic rings. The van der Waals surface area contributed by atoms with E-state index in [1.54, 1.807) is 6.08 Å². The second-order valence-electron chi connectivity index (χ2n) is 3.65. The lowest BCUT2D eigenvalue weighted by molar-refractivity contribution is -0.115. The van der Waals surface area contributed by atoms with Gasteiger partial charge in [-0.2, -0.15) is 0 Å². The summed E-state index contributed by atoms with van der Waals surface area (Å²) in [5.74, 6) is -1.59. The first-order chi connectivity index (χ1) is 9.08. The van der Waals surface area contributed by atoms with Crippen LogP contribution in [0.15, 0.2) is 30.9 Å². The summed E-state index contributed by atoms with van der Waals surface area (Å²) in [7, 11) is 1.21. The van der Waals surface area contributed by atoms with Gasteiger partial charge in [0.2, 0.25) is 5.91 Å². The lowest BCUT2D eigenvalue weighted by atomic mass is 10.1. The molecule has 0 aromatic heterocycles. The van der Waals surface area contributed by atoms with Gasteiger partial charge < -0.3 is 15.4 Å². The van der Waals surface area contributed by atoms with Gasteiger partial charge in [0.25, 0.3) is 0 Å². The molecule has 0 unspecified atom stereocenters. The highest BCUT2D eigenvalue weighted by Crippen LogP contribution is 2.18.